The molecule has 1 aliphatic carbocycles. The van der Waals surface area contributed by atoms with E-state index < -0.39 is 12.1 Å². The lowest BCUT2D eigenvalue weighted by Crippen LogP contribution is -2.19. The van der Waals surface area contributed by atoms with Gasteiger partial charge in [0.2, 0.25) is 0 Å². The van der Waals surface area contributed by atoms with Crippen LogP contribution in [0.25, 0.3) is 11.1 Å². The number of ether oxygens (including phenoxy) is 1. The number of anilines is 1. The summed E-state index contributed by atoms with van der Waals surface area (Å²) in [6.07, 6.45) is 0.567. The van der Waals surface area contributed by atoms with E-state index in [1.165, 1.54) is 17.9 Å². The molecule has 0 aliphatic heterocycles. The second-order valence-electron chi connectivity index (χ2n) is 6.29. The average Bonchev–Trinajstić information content (AvgIpc) is 3.18. The molecule has 0 fully saturated rings. The summed E-state index contributed by atoms with van der Waals surface area (Å²) in [5.74, 6) is -1.24. The minimum absolute atomic E-state index is 0.0593. The van der Waals surface area contributed by atoms with Crippen molar-refractivity contribution >= 4 is 17.7 Å². The number of hydrogen-bond acceptors (Lipinski definition) is 4. The Labute approximate surface area is 155 Å². The Morgan fingerprint density at radius 1 is 1.11 bits per heavy atom. The van der Waals surface area contributed by atoms with Gasteiger partial charge in [0, 0.05) is 13.0 Å². The summed E-state index contributed by atoms with van der Waals surface area (Å²) in [6, 6.07) is 16.1. The Bertz CT molecular complexity index is 996. The lowest BCUT2D eigenvalue weighted by atomic mass is 9.98. The number of benzene rings is 2. The second kappa shape index (κ2) is 6.60. The number of aromatic carboxylic acids is 1. The summed E-state index contributed by atoms with van der Waals surface area (Å²) < 4.78 is 6.59. The Kier molecular flexibility index (Phi) is 4.12. The van der Waals surface area contributed by atoms with Crippen LogP contribution in [-0.2, 0) is 11.8 Å². The van der Waals surface area contributed by atoms with Gasteiger partial charge in [0.05, 0.1) is 11.9 Å². The highest BCUT2D eigenvalue weighted by Crippen LogP contribution is 2.44. The molecule has 0 unspecified atom stereocenters. The predicted octanol–water partition coefficient (Wildman–Crippen LogP) is 3.48. The van der Waals surface area contributed by atoms with Crippen molar-refractivity contribution in [2.24, 2.45) is 7.05 Å². The summed E-state index contributed by atoms with van der Waals surface area (Å²) in [7, 11) is 1.49. The first-order valence-electron chi connectivity index (χ1n) is 8.43. The van der Waals surface area contributed by atoms with Gasteiger partial charge in [0.15, 0.2) is 5.69 Å². The molecular formula is C20H17N3O4. The number of aromatic nitrogens is 2. The summed E-state index contributed by atoms with van der Waals surface area (Å²) in [6.45, 7) is 0.155. The fraction of sp³-hybridized carbons (Fsp3) is 0.150. The van der Waals surface area contributed by atoms with Crippen LogP contribution in [-0.4, -0.2) is 33.6 Å². The molecule has 2 aromatic carbocycles. The fourth-order valence-electron chi connectivity index (χ4n) is 3.53. The van der Waals surface area contributed by atoms with Crippen LogP contribution in [0.15, 0.2) is 54.7 Å². The normalized spacial score (nSPS) is 12.3. The predicted molar refractivity (Wildman–Crippen MR) is 98.9 cm³/mol. The zero-order valence-electron chi connectivity index (χ0n) is 14.5. The van der Waals surface area contributed by atoms with Crippen molar-refractivity contribution in [1.29, 1.82) is 0 Å². The van der Waals surface area contributed by atoms with Gasteiger partial charge in [-0.05, 0) is 22.3 Å². The lowest BCUT2D eigenvalue weighted by molar-refractivity contribution is 0.0686. The molecule has 1 heterocycles. The monoisotopic (exact) mass is 363 g/mol. The van der Waals surface area contributed by atoms with E-state index >= 15 is 0 Å². The van der Waals surface area contributed by atoms with Crippen LogP contribution < -0.4 is 5.32 Å². The molecule has 136 valence electrons. The number of rotatable bonds is 4. The van der Waals surface area contributed by atoms with Gasteiger partial charge in [0.25, 0.3) is 0 Å². The first kappa shape index (κ1) is 16.8. The first-order valence-corrected chi connectivity index (χ1v) is 8.43. The molecule has 0 spiro atoms. The molecule has 7 nitrogen and oxygen atoms in total. The number of hydrogen-bond donors (Lipinski definition) is 2. The van der Waals surface area contributed by atoms with Gasteiger partial charge in [-0.1, -0.05) is 48.5 Å². The van der Waals surface area contributed by atoms with Crippen LogP contribution >= 0.6 is 0 Å². The zero-order valence-corrected chi connectivity index (χ0v) is 14.5. The summed E-state index contributed by atoms with van der Waals surface area (Å²) >= 11 is 0. The van der Waals surface area contributed by atoms with Gasteiger partial charge >= 0.3 is 12.1 Å². The minimum atomic E-state index is -1.18. The molecular weight excluding hydrogens is 346 g/mol. The van der Waals surface area contributed by atoms with Gasteiger partial charge in [-0.25, -0.2) is 9.59 Å². The van der Waals surface area contributed by atoms with E-state index in [1.807, 2.05) is 36.4 Å². The van der Waals surface area contributed by atoms with Crippen molar-refractivity contribution in [3.05, 3.63) is 71.5 Å². The molecule has 1 amide bonds. The number of carbonyl (C=O) groups is 2. The maximum absolute atomic E-state index is 12.2. The standard InChI is InChI=1S/C20H17N3O4/c1-23-18(19(24)25)17(10-21-23)22-20(26)27-11-16-14-8-4-2-6-12(14)13-7-3-5-9-15(13)16/h2-10,16H,11H2,1H3,(H,22,26)(H,24,25). The van der Waals surface area contributed by atoms with Crippen molar-refractivity contribution in [2.45, 2.75) is 5.92 Å². The van der Waals surface area contributed by atoms with E-state index in [0.29, 0.717) is 0 Å². The van der Waals surface area contributed by atoms with Crippen LogP contribution in [0.4, 0.5) is 10.5 Å². The van der Waals surface area contributed by atoms with Gasteiger partial charge < -0.3 is 9.84 Å². The highest BCUT2D eigenvalue weighted by atomic mass is 16.5. The minimum Gasteiger partial charge on any atom is -0.476 e. The molecule has 2 N–H and O–H groups in total. The number of aryl methyl sites for hydroxylation is 1. The van der Waals surface area contributed by atoms with E-state index in [1.54, 1.807) is 0 Å². The Morgan fingerprint density at radius 3 is 2.30 bits per heavy atom. The maximum Gasteiger partial charge on any atom is 0.411 e. The van der Waals surface area contributed by atoms with E-state index in [-0.39, 0.29) is 23.9 Å². The van der Waals surface area contributed by atoms with Gasteiger partial charge in [-0.2, -0.15) is 5.10 Å². The van der Waals surface area contributed by atoms with Gasteiger partial charge in [0.1, 0.15) is 6.61 Å². The number of nitrogens with zero attached hydrogens (tertiary/aromatic N) is 2. The van der Waals surface area contributed by atoms with Crippen LogP contribution in [0.5, 0.6) is 0 Å². The number of amides is 1. The SMILES string of the molecule is Cn1ncc(NC(=O)OCC2c3ccccc3-c3ccccc32)c1C(=O)O. The zero-order chi connectivity index (χ0) is 19.0. The second-order valence-corrected chi connectivity index (χ2v) is 6.29. The Hall–Kier alpha value is -3.61. The van der Waals surface area contributed by atoms with Gasteiger partial charge in [-0.3, -0.25) is 10.00 Å². The van der Waals surface area contributed by atoms with Crippen LogP contribution in [0.1, 0.15) is 27.5 Å². The largest absolute Gasteiger partial charge is 0.476 e. The molecule has 0 saturated carbocycles. The van der Waals surface area contributed by atoms with Crippen molar-refractivity contribution in [2.75, 3.05) is 11.9 Å². The quantitative estimate of drug-likeness (QED) is 0.740. The summed E-state index contributed by atoms with van der Waals surface area (Å²) in [5, 5.41) is 15.5. The Balaban J connectivity index is 1.51. The third kappa shape index (κ3) is 2.93. The van der Waals surface area contributed by atoms with Crippen molar-refractivity contribution in [1.82, 2.24) is 9.78 Å². The third-order valence-corrected chi connectivity index (χ3v) is 4.72. The third-order valence-electron chi connectivity index (χ3n) is 4.72. The summed E-state index contributed by atoms with van der Waals surface area (Å²) in [4.78, 5) is 23.5. The van der Waals surface area contributed by atoms with Gasteiger partial charge in [-0.15, -0.1) is 0 Å². The van der Waals surface area contributed by atoms with E-state index in [2.05, 4.69) is 22.5 Å². The van der Waals surface area contributed by atoms with Crippen LogP contribution in [0, 0.1) is 0 Å². The smallest absolute Gasteiger partial charge is 0.411 e. The number of nitrogens with one attached hydrogen (secondary N) is 1. The molecule has 1 aliphatic rings. The highest BCUT2D eigenvalue weighted by molar-refractivity contribution is 5.97. The van der Waals surface area contributed by atoms with Crippen molar-refractivity contribution in [3.63, 3.8) is 0 Å². The average molecular weight is 363 g/mol. The molecule has 7 heteroatoms. The molecule has 0 bridgehead atoms. The molecule has 3 aromatic rings. The van der Waals surface area contributed by atoms with E-state index in [4.69, 9.17) is 4.74 Å². The molecule has 4 rings (SSSR count). The number of carboxylic acids is 1. The molecule has 0 radical (unpaired) electrons. The summed E-state index contributed by atoms with van der Waals surface area (Å²) in [5.41, 5.74) is 4.49. The molecule has 0 saturated heterocycles. The molecule has 1 aromatic heterocycles. The lowest BCUT2D eigenvalue weighted by Gasteiger charge is -2.14. The van der Waals surface area contributed by atoms with Crippen molar-refractivity contribution < 1.29 is 19.4 Å². The number of carbonyl (C=O) groups excluding carboxylic acids is 1. The van der Waals surface area contributed by atoms with Crippen LogP contribution in [0.3, 0.4) is 0 Å². The molecule has 0 atom stereocenters. The first-order chi connectivity index (χ1) is 13.1. The van der Waals surface area contributed by atoms with Crippen molar-refractivity contribution in [3.8, 4) is 11.1 Å². The fourth-order valence-corrected chi connectivity index (χ4v) is 3.53. The number of fused-ring (bicyclic) bond motifs is 3. The maximum atomic E-state index is 12.2. The van der Waals surface area contributed by atoms with Crippen LogP contribution in [0.2, 0.25) is 0 Å². The molecule has 27 heavy (non-hydrogen) atoms. The van der Waals surface area contributed by atoms with E-state index in [0.717, 1.165) is 22.3 Å². The Morgan fingerprint density at radius 2 is 1.70 bits per heavy atom. The topological polar surface area (TPSA) is 93.5 Å². The van der Waals surface area contributed by atoms with E-state index in [9.17, 15) is 14.7 Å². The number of carboxylic acid groups (broad SMARTS) is 1. The highest BCUT2D eigenvalue weighted by Gasteiger charge is 2.29.